The Morgan fingerprint density at radius 2 is 2.00 bits per heavy atom. The summed E-state index contributed by atoms with van der Waals surface area (Å²) in [6.45, 7) is 0. The van der Waals surface area contributed by atoms with E-state index in [0.29, 0.717) is 5.56 Å². The van der Waals surface area contributed by atoms with Gasteiger partial charge in [-0.25, -0.2) is 0 Å². The van der Waals surface area contributed by atoms with Gasteiger partial charge in [0.15, 0.2) is 0 Å². The van der Waals surface area contributed by atoms with E-state index in [1.165, 1.54) is 0 Å². The maximum atomic E-state index is 12.0. The first-order valence-corrected chi connectivity index (χ1v) is 5.94. The van der Waals surface area contributed by atoms with Crippen LogP contribution < -0.4 is 10.6 Å². The number of nitrogens with one attached hydrogen (secondary N) is 2. The molecular weight excluding hydrogens is 238 g/mol. The SMILES string of the molecule is N#Cc1cccc(NC2C(=O)Nc3ccccc32)c1. The summed E-state index contributed by atoms with van der Waals surface area (Å²) in [5, 5.41) is 14.9. The van der Waals surface area contributed by atoms with E-state index in [0.717, 1.165) is 16.9 Å². The zero-order valence-electron chi connectivity index (χ0n) is 10.1. The zero-order chi connectivity index (χ0) is 13.2. The van der Waals surface area contributed by atoms with E-state index in [4.69, 9.17) is 5.26 Å². The van der Waals surface area contributed by atoms with Crippen molar-refractivity contribution >= 4 is 17.3 Å². The number of para-hydroxylation sites is 1. The minimum atomic E-state index is -0.412. The van der Waals surface area contributed by atoms with Crippen LogP contribution in [0.25, 0.3) is 0 Å². The van der Waals surface area contributed by atoms with Gasteiger partial charge in [-0.05, 0) is 24.3 Å². The molecule has 3 rings (SSSR count). The standard InChI is InChI=1S/C15H11N3O/c16-9-10-4-3-5-11(8-10)17-14-12-6-1-2-7-13(12)18-15(14)19/h1-8,14,17H,(H,18,19). The zero-order valence-corrected chi connectivity index (χ0v) is 10.1. The third-order valence-electron chi connectivity index (χ3n) is 3.09. The predicted molar refractivity (Wildman–Crippen MR) is 72.6 cm³/mol. The minimum absolute atomic E-state index is 0.0800. The van der Waals surface area contributed by atoms with E-state index < -0.39 is 6.04 Å². The first-order chi connectivity index (χ1) is 9.28. The largest absolute Gasteiger partial charge is 0.370 e. The minimum Gasteiger partial charge on any atom is -0.370 e. The van der Waals surface area contributed by atoms with Crippen molar-refractivity contribution < 1.29 is 4.79 Å². The van der Waals surface area contributed by atoms with Gasteiger partial charge in [-0.15, -0.1) is 0 Å². The first-order valence-electron chi connectivity index (χ1n) is 5.94. The molecule has 0 fully saturated rings. The van der Waals surface area contributed by atoms with Crippen molar-refractivity contribution in [3.8, 4) is 6.07 Å². The second-order valence-electron chi connectivity index (χ2n) is 4.35. The van der Waals surface area contributed by atoms with Gasteiger partial charge in [-0.3, -0.25) is 4.79 Å². The summed E-state index contributed by atoms with van der Waals surface area (Å²) >= 11 is 0. The molecule has 2 N–H and O–H groups in total. The van der Waals surface area contributed by atoms with Crippen molar-refractivity contribution in [1.29, 1.82) is 5.26 Å². The molecule has 92 valence electrons. The Labute approximate surface area is 110 Å². The summed E-state index contributed by atoms with van der Waals surface area (Å²) in [6.07, 6.45) is 0. The number of amides is 1. The molecule has 0 saturated heterocycles. The summed E-state index contributed by atoms with van der Waals surface area (Å²) in [4.78, 5) is 12.0. The number of nitrogens with zero attached hydrogens (tertiary/aromatic N) is 1. The molecule has 1 aliphatic heterocycles. The number of benzene rings is 2. The highest BCUT2D eigenvalue weighted by molar-refractivity contribution is 6.04. The van der Waals surface area contributed by atoms with E-state index in [1.54, 1.807) is 18.2 Å². The van der Waals surface area contributed by atoms with E-state index in [9.17, 15) is 4.79 Å². The summed E-state index contributed by atoms with van der Waals surface area (Å²) in [5.41, 5.74) is 3.09. The van der Waals surface area contributed by atoms with E-state index >= 15 is 0 Å². The lowest BCUT2D eigenvalue weighted by Gasteiger charge is -2.13. The van der Waals surface area contributed by atoms with Gasteiger partial charge >= 0.3 is 0 Å². The number of carbonyl (C=O) groups is 1. The normalized spacial score (nSPS) is 16.4. The average molecular weight is 249 g/mol. The second kappa shape index (κ2) is 4.46. The maximum absolute atomic E-state index is 12.0. The highest BCUT2D eigenvalue weighted by Crippen LogP contribution is 2.32. The molecule has 2 aromatic rings. The lowest BCUT2D eigenvalue weighted by molar-refractivity contribution is -0.116. The van der Waals surface area contributed by atoms with Crippen LogP contribution in [0.3, 0.4) is 0 Å². The highest BCUT2D eigenvalue weighted by atomic mass is 16.2. The molecule has 4 nitrogen and oxygen atoms in total. The molecule has 1 aliphatic rings. The van der Waals surface area contributed by atoms with Crippen LogP contribution in [-0.2, 0) is 4.79 Å². The highest BCUT2D eigenvalue weighted by Gasteiger charge is 2.29. The van der Waals surface area contributed by atoms with E-state index in [1.807, 2.05) is 30.3 Å². The molecular formula is C15H11N3O. The second-order valence-corrected chi connectivity index (χ2v) is 4.35. The van der Waals surface area contributed by atoms with Gasteiger partial charge < -0.3 is 10.6 Å². The third-order valence-corrected chi connectivity index (χ3v) is 3.09. The number of rotatable bonds is 2. The van der Waals surface area contributed by atoms with Gasteiger partial charge in [0.25, 0.3) is 5.91 Å². The number of hydrogen-bond donors (Lipinski definition) is 2. The molecule has 4 heteroatoms. The van der Waals surface area contributed by atoms with Crippen LogP contribution in [0.15, 0.2) is 48.5 Å². The molecule has 0 aromatic heterocycles. The molecule has 19 heavy (non-hydrogen) atoms. The molecule has 2 aromatic carbocycles. The first kappa shape index (κ1) is 11.3. The molecule has 0 bridgehead atoms. The Morgan fingerprint density at radius 1 is 1.16 bits per heavy atom. The van der Waals surface area contributed by atoms with E-state index in [2.05, 4.69) is 16.7 Å². The van der Waals surface area contributed by atoms with Crippen LogP contribution >= 0.6 is 0 Å². The Morgan fingerprint density at radius 3 is 2.84 bits per heavy atom. The van der Waals surface area contributed by atoms with Crippen molar-refractivity contribution in [3.05, 3.63) is 59.7 Å². The fourth-order valence-electron chi connectivity index (χ4n) is 2.20. The number of anilines is 2. The number of carbonyl (C=O) groups excluding carboxylic acids is 1. The molecule has 1 heterocycles. The van der Waals surface area contributed by atoms with Gasteiger partial charge in [0.2, 0.25) is 0 Å². The Balaban J connectivity index is 1.91. The van der Waals surface area contributed by atoms with Crippen LogP contribution in [0.4, 0.5) is 11.4 Å². The molecule has 0 aliphatic carbocycles. The van der Waals surface area contributed by atoms with Crippen molar-refractivity contribution in [2.75, 3.05) is 10.6 Å². The quantitative estimate of drug-likeness (QED) is 0.860. The van der Waals surface area contributed by atoms with Crippen molar-refractivity contribution in [2.45, 2.75) is 6.04 Å². The topological polar surface area (TPSA) is 64.9 Å². The number of nitriles is 1. The number of fused-ring (bicyclic) bond motifs is 1. The van der Waals surface area contributed by atoms with Crippen molar-refractivity contribution in [3.63, 3.8) is 0 Å². The summed E-state index contributed by atoms with van der Waals surface area (Å²) in [7, 11) is 0. The van der Waals surface area contributed by atoms with Crippen LogP contribution in [0.5, 0.6) is 0 Å². The Hall–Kier alpha value is -2.80. The maximum Gasteiger partial charge on any atom is 0.251 e. The Kier molecular flexibility index (Phi) is 2.66. The molecule has 1 amide bonds. The fourth-order valence-corrected chi connectivity index (χ4v) is 2.20. The molecule has 0 spiro atoms. The van der Waals surface area contributed by atoms with E-state index in [-0.39, 0.29) is 5.91 Å². The average Bonchev–Trinajstić information content (AvgIpc) is 2.76. The van der Waals surface area contributed by atoms with Crippen LogP contribution in [0.2, 0.25) is 0 Å². The summed E-state index contributed by atoms with van der Waals surface area (Å²) in [5.74, 6) is -0.0800. The third kappa shape index (κ3) is 2.02. The Bertz CT molecular complexity index is 688. The summed E-state index contributed by atoms with van der Waals surface area (Å²) in [6, 6.07) is 16.3. The van der Waals surface area contributed by atoms with Gasteiger partial charge in [0, 0.05) is 16.9 Å². The van der Waals surface area contributed by atoms with Crippen LogP contribution in [0, 0.1) is 11.3 Å². The van der Waals surface area contributed by atoms with Gasteiger partial charge in [-0.2, -0.15) is 5.26 Å². The van der Waals surface area contributed by atoms with Crippen LogP contribution in [0.1, 0.15) is 17.2 Å². The monoisotopic (exact) mass is 249 g/mol. The molecule has 0 saturated carbocycles. The molecule has 1 unspecified atom stereocenters. The van der Waals surface area contributed by atoms with Crippen molar-refractivity contribution in [1.82, 2.24) is 0 Å². The van der Waals surface area contributed by atoms with Gasteiger partial charge in [0.05, 0.1) is 11.6 Å². The molecule has 1 atom stereocenters. The van der Waals surface area contributed by atoms with Gasteiger partial charge in [0.1, 0.15) is 6.04 Å². The fraction of sp³-hybridized carbons (Fsp3) is 0.0667. The van der Waals surface area contributed by atoms with Crippen LogP contribution in [-0.4, -0.2) is 5.91 Å². The smallest absolute Gasteiger partial charge is 0.251 e. The lowest BCUT2D eigenvalue weighted by Crippen LogP contribution is -2.19. The lowest BCUT2D eigenvalue weighted by atomic mass is 10.1. The van der Waals surface area contributed by atoms with Crippen molar-refractivity contribution in [2.24, 2.45) is 0 Å². The van der Waals surface area contributed by atoms with Gasteiger partial charge in [-0.1, -0.05) is 24.3 Å². The predicted octanol–water partition coefficient (Wildman–Crippen LogP) is 2.66. The summed E-state index contributed by atoms with van der Waals surface area (Å²) < 4.78 is 0. The number of hydrogen-bond acceptors (Lipinski definition) is 3. The molecule has 0 radical (unpaired) electrons.